The lowest BCUT2D eigenvalue weighted by molar-refractivity contribution is -0.141. The highest BCUT2D eigenvalue weighted by molar-refractivity contribution is 9.10. The highest BCUT2D eigenvalue weighted by Gasteiger charge is 2.50. The Labute approximate surface area is 162 Å². The minimum atomic E-state index is -1.79. The number of rotatable bonds is 7. The fourth-order valence-electron chi connectivity index (χ4n) is 3.40. The molecule has 0 saturated carbocycles. The van der Waals surface area contributed by atoms with Crippen molar-refractivity contribution in [2.24, 2.45) is 0 Å². The Kier molecular flexibility index (Phi) is 5.58. The van der Waals surface area contributed by atoms with Gasteiger partial charge < -0.3 is 10.0 Å². The van der Waals surface area contributed by atoms with Gasteiger partial charge in [-0.15, -0.1) is 0 Å². The summed E-state index contributed by atoms with van der Waals surface area (Å²) in [6.07, 6.45) is 1.78. The van der Waals surface area contributed by atoms with Crippen molar-refractivity contribution >= 4 is 33.3 Å². The molecule has 0 saturated heterocycles. The highest BCUT2D eigenvalue weighted by Crippen LogP contribution is 2.44. The molecule has 2 aromatic rings. The number of hydrogen-bond donors (Lipinski definition) is 1. The summed E-state index contributed by atoms with van der Waals surface area (Å²) in [4.78, 5) is 27.2. The maximum absolute atomic E-state index is 13.0. The Morgan fingerprint density at radius 3 is 2.62 bits per heavy atom. The zero-order valence-corrected chi connectivity index (χ0v) is 16.3. The van der Waals surface area contributed by atoms with E-state index in [1.54, 1.807) is 11.0 Å². The molecule has 1 heterocycles. The molecule has 1 amide bonds. The number of ketones is 1. The van der Waals surface area contributed by atoms with Crippen LogP contribution in [-0.2, 0) is 21.6 Å². The number of carbonyl (C=O) groups is 2. The molecule has 0 spiro atoms. The molecular weight excluding hydrogens is 394 g/mol. The summed E-state index contributed by atoms with van der Waals surface area (Å²) in [6.45, 7) is 2.60. The van der Waals surface area contributed by atoms with Gasteiger partial charge in [-0.25, -0.2) is 0 Å². The molecule has 136 valence electrons. The lowest BCUT2D eigenvalue weighted by atomic mass is 9.88. The molecule has 1 aliphatic rings. The summed E-state index contributed by atoms with van der Waals surface area (Å²) >= 11 is 3.40. The van der Waals surface area contributed by atoms with E-state index in [9.17, 15) is 14.7 Å². The van der Waals surface area contributed by atoms with Crippen LogP contribution in [0.25, 0.3) is 0 Å². The second-order valence-corrected chi connectivity index (χ2v) is 7.63. The third-order valence-electron chi connectivity index (χ3n) is 4.73. The Bertz CT molecular complexity index is 821. The van der Waals surface area contributed by atoms with Crippen LogP contribution in [0.4, 0.5) is 5.69 Å². The standard InChI is InChI=1S/C21H22BrNO3/c1-2-3-11-23-19-10-9-16(22)13-18(19)21(26,20(23)25)14-17(24)12-15-7-5-4-6-8-15/h4-10,13,26H,2-3,11-12,14H2,1H3/t21-/m0/s1. The summed E-state index contributed by atoms with van der Waals surface area (Å²) in [5.74, 6) is -0.559. The number of Topliss-reactive ketones (excluding diaryl/α,β-unsaturated/α-hetero) is 1. The fourth-order valence-corrected chi connectivity index (χ4v) is 3.76. The van der Waals surface area contributed by atoms with E-state index in [1.165, 1.54) is 0 Å². The number of halogens is 1. The van der Waals surface area contributed by atoms with Crippen LogP contribution in [0.2, 0.25) is 0 Å². The molecule has 1 atom stereocenters. The quantitative estimate of drug-likeness (QED) is 0.743. The first-order chi connectivity index (χ1) is 12.5. The average Bonchev–Trinajstić information content (AvgIpc) is 2.81. The topological polar surface area (TPSA) is 57.6 Å². The number of hydrogen-bond acceptors (Lipinski definition) is 3. The Morgan fingerprint density at radius 1 is 1.19 bits per heavy atom. The van der Waals surface area contributed by atoms with Crippen molar-refractivity contribution in [2.75, 3.05) is 11.4 Å². The number of fused-ring (bicyclic) bond motifs is 1. The SMILES string of the molecule is CCCCN1C(=O)[C@](O)(CC(=O)Cc2ccccc2)c2cc(Br)ccc21. The minimum Gasteiger partial charge on any atom is -0.375 e. The molecule has 0 unspecified atom stereocenters. The summed E-state index contributed by atoms with van der Waals surface area (Å²) in [7, 11) is 0. The summed E-state index contributed by atoms with van der Waals surface area (Å²) in [5.41, 5.74) is 0.290. The smallest absolute Gasteiger partial charge is 0.264 e. The van der Waals surface area contributed by atoms with Gasteiger partial charge in [-0.3, -0.25) is 9.59 Å². The lowest BCUT2D eigenvalue weighted by Gasteiger charge is -2.22. The maximum atomic E-state index is 13.0. The second kappa shape index (κ2) is 7.72. The predicted octanol–water partition coefficient (Wildman–Crippen LogP) is 3.99. The number of anilines is 1. The van der Waals surface area contributed by atoms with E-state index in [-0.39, 0.29) is 18.6 Å². The van der Waals surface area contributed by atoms with Crippen LogP contribution in [0.15, 0.2) is 53.0 Å². The van der Waals surface area contributed by atoms with Gasteiger partial charge in [-0.05, 0) is 30.2 Å². The Morgan fingerprint density at radius 2 is 1.92 bits per heavy atom. The molecule has 0 fully saturated rings. The normalized spacial score (nSPS) is 18.9. The van der Waals surface area contributed by atoms with Crippen molar-refractivity contribution in [2.45, 2.75) is 38.2 Å². The van der Waals surface area contributed by atoms with E-state index < -0.39 is 11.5 Å². The zero-order valence-electron chi connectivity index (χ0n) is 14.7. The van der Waals surface area contributed by atoms with Crippen LogP contribution in [0, 0.1) is 0 Å². The highest BCUT2D eigenvalue weighted by atomic mass is 79.9. The van der Waals surface area contributed by atoms with Gasteiger partial charge >= 0.3 is 0 Å². The van der Waals surface area contributed by atoms with Gasteiger partial charge in [0.2, 0.25) is 0 Å². The van der Waals surface area contributed by atoms with Crippen molar-refractivity contribution in [3.8, 4) is 0 Å². The van der Waals surface area contributed by atoms with Gasteiger partial charge in [0.15, 0.2) is 5.60 Å². The summed E-state index contributed by atoms with van der Waals surface area (Å²) < 4.78 is 0.773. The zero-order chi connectivity index (χ0) is 18.7. The summed E-state index contributed by atoms with van der Waals surface area (Å²) in [6, 6.07) is 14.8. The van der Waals surface area contributed by atoms with Crippen LogP contribution in [0.1, 0.15) is 37.3 Å². The van der Waals surface area contributed by atoms with Crippen LogP contribution in [0.3, 0.4) is 0 Å². The van der Waals surface area contributed by atoms with Gasteiger partial charge in [-0.1, -0.05) is 59.6 Å². The number of benzene rings is 2. The van der Waals surface area contributed by atoms with Gasteiger partial charge in [0.05, 0.1) is 5.69 Å². The van der Waals surface area contributed by atoms with E-state index >= 15 is 0 Å². The largest absolute Gasteiger partial charge is 0.375 e. The molecule has 0 radical (unpaired) electrons. The minimum absolute atomic E-state index is 0.157. The first kappa shape index (κ1) is 18.8. The van der Waals surface area contributed by atoms with Crippen LogP contribution < -0.4 is 4.90 Å². The Balaban J connectivity index is 1.88. The number of aliphatic hydroxyl groups is 1. The molecule has 5 heteroatoms. The molecule has 0 bridgehead atoms. The molecule has 4 nitrogen and oxygen atoms in total. The van der Waals surface area contributed by atoms with Crippen molar-refractivity contribution < 1.29 is 14.7 Å². The van der Waals surface area contributed by atoms with E-state index in [1.807, 2.05) is 42.5 Å². The molecule has 26 heavy (non-hydrogen) atoms. The first-order valence-electron chi connectivity index (χ1n) is 8.85. The van der Waals surface area contributed by atoms with E-state index in [2.05, 4.69) is 22.9 Å². The van der Waals surface area contributed by atoms with Crippen LogP contribution in [0.5, 0.6) is 0 Å². The van der Waals surface area contributed by atoms with E-state index in [0.717, 1.165) is 22.9 Å². The van der Waals surface area contributed by atoms with Crippen LogP contribution in [-0.4, -0.2) is 23.3 Å². The van der Waals surface area contributed by atoms with Crippen molar-refractivity contribution in [3.63, 3.8) is 0 Å². The number of unbranched alkanes of at least 4 members (excludes halogenated alkanes) is 1. The first-order valence-corrected chi connectivity index (χ1v) is 9.65. The van der Waals surface area contributed by atoms with E-state index in [4.69, 9.17) is 0 Å². The number of nitrogens with zero attached hydrogens (tertiary/aromatic N) is 1. The van der Waals surface area contributed by atoms with E-state index in [0.29, 0.717) is 17.8 Å². The molecule has 3 rings (SSSR count). The third-order valence-corrected chi connectivity index (χ3v) is 5.22. The average molecular weight is 416 g/mol. The lowest BCUT2D eigenvalue weighted by Crippen LogP contribution is -2.42. The van der Waals surface area contributed by atoms with Gasteiger partial charge in [-0.2, -0.15) is 0 Å². The van der Waals surface area contributed by atoms with Crippen LogP contribution >= 0.6 is 15.9 Å². The van der Waals surface area contributed by atoms with Crippen molar-refractivity contribution in [3.05, 3.63) is 64.1 Å². The van der Waals surface area contributed by atoms with Gasteiger partial charge in [0, 0.05) is 29.4 Å². The van der Waals surface area contributed by atoms with Gasteiger partial charge in [0.25, 0.3) is 5.91 Å². The van der Waals surface area contributed by atoms with Crippen molar-refractivity contribution in [1.82, 2.24) is 0 Å². The Hall–Kier alpha value is -1.98. The van der Waals surface area contributed by atoms with Crippen molar-refractivity contribution in [1.29, 1.82) is 0 Å². The molecule has 2 aromatic carbocycles. The molecule has 1 N–H and O–H groups in total. The third kappa shape index (κ3) is 3.60. The fraction of sp³-hybridized carbons (Fsp3) is 0.333. The molecule has 0 aromatic heterocycles. The predicted molar refractivity (Wildman–Crippen MR) is 105 cm³/mol. The van der Waals surface area contributed by atoms with Gasteiger partial charge in [0.1, 0.15) is 5.78 Å². The molecular formula is C21H22BrNO3. The number of amides is 1. The summed E-state index contributed by atoms with van der Waals surface area (Å²) in [5, 5.41) is 11.2. The monoisotopic (exact) mass is 415 g/mol. The number of carbonyl (C=O) groups excluding carboxylic acids is 2. The second-order valence-electron chi connectivity index (χ2n) is 6.71. The molecule has 1 aliphatic heterocycles. The molecule has 0 aliphatic carbocycles. The maximum Gasteiger partial charge on any atom is 0.264 e.